The summed E-state index contributed by atoms with van der Waals surface area (Å²) in [6.45, 7) is 39.3. The molecule has 0 unspecified atom stereocenters. The molecule has 5 nitrogen and oxygen atoms in total. The fourth-order valence-electron chi connectivity index (χ4n) is 15.7. The third-order valence-corrected chi connectivity index (χ3v) is 25.0. The lowest BCUT2D eigenvalue weighted by molar-refractivity contribution is 0.00578. The van der Waals surface area contributed by atoms with Gasteiger partial charge in [0.25, 0.3) is 0 Å². The van der Waals surface area contributed by atoms with Crippen LogP contribution in [0.1, 0.15) is 278 Å². The number of fused-ring (bicyclic) bond motifs is 8. The third-order valence-electron chi connectivity index (χ3n) is 22.9. The SMILES string of the molecule is CCCCCCCCC1(CCCCCCCC)c2cc(B3OC(C)(C)C(C)(C)O3)ccc2-c2cc3c(cc21)-c1ccc(B2OC(C)(C)C(C)(C)O2)cc1C3(c1ccc(C(C)(C)C)cc1)c1ccc(C(C)(C)C)cc1.CCCCCCN1c2ccc(Br)cc2Sc2cc(Br)ccc21. The van der Waals surface area contributed by atoms with E-state index in [2.05, 4.69) is 288 Å². The molecular formula is C86H111B2Br2NO4S. The molecule has 5 aliphatic rings. The normalized spacial score (nSPS) is 17.9. The van der Waals surface area contributed by atoms with Crippen LogP contribution in [0.3, 0.4) is 0 Å². The summed E-state index contributed by atoms with van der Waals surface area (Å²) in [5.41, 5.74) is 18.5. The Morgan fingerprint density at radius 3 is 1.17 bits per heavy atom. The van der Waals surface area contributed by atoms with Crippen molar-refractivity contribution >= 4 is 80.2 Å². The second-order valence-corrected chi connectivity index (χ2v) is 35.7. The zero-order valence-electron chi connectivity index (χ0n) is 61.5. The van der Waals surface area contributed by atoms with Gasteiger partial charge in [-0.3, -0.25) is 0 Å². The molecule has 12 rings (SSSR count). The van der Waals surface area contributed by atoms with Gasteiger partial charge in [0.15, 0.2) is 0 Å². The van der Waals surface area contributed by atoms with Crippen LogP contribution in [0.5, 0.6) is 0 Å². The summed E-state index contributed by atoms with van der Waals surface area (Å²) in [6.07, 6.45) is 22.7. The molecule has 0 radical (unpaired) electrons. The lowest BCUT2D eigenvalue weighted by Gasteiger charge is -2.36. The van der Waals surface area contributed by atoms with E-state index in [1.165, 1.54) is 191 Å². The molecule has 2 saturated heterocycles. The molecule has 0 spiro atoms. The van der Waals surface area contributed by atoms with Crippen molar-refractivity contribution in [2.75, 3.05) is 11.4 Å². The van der Waals surface area contributed by atoms with Gasteiger partial charge in [-0.25, -0.2) is 0 Å². The lowest BCUT2D eigenvalue weighted by Crippen LogP contribution is -2.41. The molecule has 7 aromatic carbocycles. The number of rotatable bonds is 23. The van der Waals surface area contributed by atoms with Crippen LogP contribution < -0.4 is 15.8 Å². The molecule has 7 aromatic rings. The summed E-state index contributed by atoms with van der Waals surface area (Å²) < 4.78 is 29.7. The molecule has 0 atom stereocenters. The largest absolute Gasteiger partial charge is 0.494 e. The number of nitrogens with zero attached hydrogens (tertiary/aromatic N) is 1. The smallest absolute Gasteiger partial charge is 0.399 e. The van der Waals surface area contributed by atoms with Gasteiger partial charge in [0.2, 0.25) is 0 Å². The van der Waals surface area contributed by atoms with E-state index in [4.69, 9.17) is 18.6 Å². The van der Waals surface area contributed by atoms with Gasteiger partial charge in [-0.15, -0.1) is 0 Å². The van der Waals surface area contributed by atoms with E-state index in [0.29, 0.717) is 0 Å². The Hall–Kier alpha value is -4.38. The van der Waals surface area contributed by atoms with Crippen LogP contribution in [0, 0.1) is 0 Å². The Morgan fingerprint density at radius 2 is 0.740 bits per heavy atom. The fraction of sp³-hybridized carbons (Fsp3) is 0.512. The quantitative estimate of drug-likeness (QED) is 0.0470. The Bertz CT molecular complexity index is 3720. The summed E-state index contributed by atoms with van der Waals surface area (Å²) in [7, 11) is -0.916. The summed E-state index contributed by atoms with van der Waals surface area (Å²) in [5.74, 6) is 0. The van der Waals surface area contributed by atoms with Gasteiger partial charge in [0.1, 0.15) is 0 Å². The zero-order chi connectivity index (χ0) is 68.8. The number of benzene rings is 7. The lowest BCUT2D eigenvalue weighted by atomic mass is 9.65. The topological polar surface area (TPSA) is 40.2 Å². The highest BCUT2D eigenvalue weighted by atomic mass is 79.9. The first-order valence-electron chi connectivity index (χ1n) is 37.0. The zero-order valence-corrected chi connectivity index (χ0v) is 65.5. The number of hydrogen-bond acceptors (Lipinski definition) is 6. The van der Waals surface area contributed by atoms with Gasteiger partial charge >= 0.3 is 14.2 Å². The Labute approximate surface area is 602 Å². The Balaban J connectivity index is 0.000000358. The van der Waals surface area contributed by atoms with Gasteiger partial charge in [-0.2, -0.15) is 0 Å². The number of hydrogen-bond donors (Lipinski definition) is 0. The van der Waals surface area contributed by atoms with E-state index in [1.54, 1.807) is 0 Å². The van der Waals surface area contributed by atoms with Crippen molar-refractivity contribution in [2.24, 2.45) is 0 Å². The Kier molecular flexibility index (Phi) is 22.0. The minimum absolute atomic E-state index is 0.00820. The first-order chi connectivity index (χ1) is 45.5. The van der Waals surface area contributed by atoms with Crippen molar-refractivity contribution in [2.45, 2.75) is 287 Å². The number of halogens is 2. The van der Waals surface area contributed by atoms with Crippen molar-refractivity contribution in [1.29, 1.82) is 0 Å². The van der Waals surface area contributed by atoms with Gasteiger partial charge in [-0.1, -0.05) is 287 Å². The van der Waals surface area contributed by atoms with E-state index >= 15 is 0 Å². The maximum Gasteiger partial charge on any atom is 0.494 e. The summed E-state index contributed by atoms with van der Waals surface area (Å²) >= 11 is 9.05. The molecule has 3 heterocycles. The third kappa shape index (κ3) is 14.3. The van der Waals surface area contributed by atoms with Crippen LogP contribution in [0.2, 0.25) is 0 Å². The van der Waals surface area contributed by atoms with E-state index in [-0.39, 0.29) is 16.2 Å². The molecule has 2 fully saturated rings. The van der Waals surface area contributed by atoms with Crippen LogP contribution in [0.25, 0.3) is 22.3 Å². The molecule has 0 aromatic heterocycles. The highest BCUT2D eigenvalue weighted by Gasteiger charge is 2.56. The Morgan fingerprint density at radius 1 is 0.385 bits per heavy atom. The predicted octanol–water partition coefficient (Wildman–Crippen LogP) is 24.4. The second kappa shape index (κ2) is 28.9. The van der Waals surface area contributed by atoms with Crippen molar-refractivity contribution in [3.05, 3.63) is 187 Å². The molecule has 0 saturated carbocycles. The monoisotopic (exact) mass is 1430 g/mol. The van der Waals surface area contributed by atoms with Crippen molar-refractivity contribution in [3.63, 3.8) is 0 Å². The first-order valence-corrected chi connectivity index (χ1v) is 39.4. The standard InChI is InChI=1S/C68H92B2O4.C18H19Br2NS/c1-17-19-21-23-25-27-41-67(42-28-26-24-22-20-18-2)57-43-51(69-71-63(9,10)64(11,12)72-69)37-39-53(57)55-46-60-56(45-58(55)67)54-40-38-52(70-73-65(13,14)66(15,16)74-70)44-59(54)68(60,49-33-29-47(30-34-49)61(3,4)5)50-35-31-48(32-36-50)62(6,7)8;1-2-3-4-5-10-21-15-8-6-13(19)11-17(15)22-18-12-14(20)7-9-16(18)21/h29-40,43-46H,17-28,41-42H2,1-16H3;6-9,11-12H,2-5,10H2,1H3. The number of anilines is 2. The average molecular weight is 1440 g/mol. The highest BCUT2D eigenvalue weighted by molar-refractivity contribution is 9.10. The van der Waals surface area contributed by atoms with Gasteiger partial charge in [0, 0.05) is 30.7 Å². The molecular weight excluding hydrogens is 1320 g/mol. The molecule has 0 bridgehead atoms. The van der Waals surface area contributed by atoms with Crippen LogP contribution in [-0.4, -0.2) is 43.2 Å². The van der Waals surface area contributed by atoms with Crippen molar-refractivity contribution in [3.8, 4) is 22.3 Å². The summed E-state index contributed by atoms with van der Waals surface area (Å²) in [5, 5.41) is 0. The summed E-state index contributed by atoms with van der Waals surface area (Å²) in [6, 6.07) is 52.4. The maximum absolute atomic E-state index is 6.87. The fourth-order valence-corrected chi connectivity index (χ4v) is 17.9. The van der Waals surface area contributed by atoms with Crippen molar-refractivity contribution in [1.82, 2.24) is 0 Å². The molecule has 0 N–H and O–H groups in total. The van der Waals surface area contributed by atoms with Crippen LogP contribution >= 0.6 is 43.6 Å². The first kappa shape index (κ1) is 72.9. The molecule has 10 heteroatoms. The number of unbranched alkanes of at least 4 members (excludes halogenated alkanes) is 13. The van der Waals surface area contributed by atoms with Gasteiger partial charge in [0.05, 0.1) is 39.2 Å². The summed E-state index contributed by atoms with van der Waals surface area (Å²) in [4.78, 5) is 5.14. The van der Waals surface area contributed by atoms with E-state index in [1.807, 2.05) is 11.8 Å². The highest BCUT2D eigenvalue weighted by Crippen LogP contribution is 2.62. The van der Waals surface area contributed by atoms with Crippen LogP contribution in [0.15, 0.2) is 152 Å². The van der Waals surface area contributed by atoms with E-state index in [0.717, 1.165) is 39.3 Å². The molecule has 510 valence electrons. The second-order valence-electron chi connectivity index (χ2n) is 32.8. The van der Waals surface area contributed by atoms with Crippen LogP contribution in [0.4, 0.5) is 11.4 Å². The minimum Gasteiger partial charge on any atom is -0.399 e. The molecule has 2 aliphatic carbocycles. The maximum atomic E-state index is 6.87. The van der Waals surface area contributed by atoms with Crippen LogP contribution in [-0.2, 0) is 40.3 Å². The molecule has 96 heavy (non-hydrogen) atoms. The molecule has 0 amide bonds. The minimum atomic E-state index is -0.640. The van der Waals surface area contributed by atoms with E-state index < -0.39 is 42.1 Å². The van der Waals surface area contributed by atoms with Crippen molar-refractivity contribution < 1.29 is 18.6 Å². The van der Waals surface area contributed by atoms with Gasteiger partial charge in [-0.05, 0) is 212 Å². The predicted molar refractivity (Wildman–Crippen MR) is 418 cm³/mol. The van der Waals surface area contributed by atoms with Gasteiger partial charge < -0.3 is 23.5 Å². The average Bonchev–Trinajstić information content (AvgIpc) is 1.51. The van der Waals surface area contributed by atoms with E-state index in [9.17, 15) is 0 Å². The molecule has 3 aliphatic heterocycles.